The Kier molecular flexibility index (Phi) is 5.56. The van der Waals surface area contributed by atoms with Crippen molar-refractivity contribution < 1.29 is 4.42 Å². The van der Waals surface area contributed by atoms with Crippen LogP contribution in [0.2, 0.25) is 0 Å². The fraction of sp³-hybridized carbons (Fsp3) is 0.0741. The second-order valence-electron chi connectivity index (χ2n) is 8.14. The molecule has 6 rings (SSSR count). The summed E-state index contributed by atoms with van der Waals surface area (Å²) < 4.78 is 9.32. The van der Waals surface area contributed by atoms with Gasteiger partial charge in [0.15, 0.2) is 5.69 Å². The van der Waals surface area contributed by atoms with Crippen LogP contribution in [-0.2, 0) is 12.3 Å². The number of aromatic nitrogens is 5. The Bertz CT molecular complexity index is 1810. The predicted molar refractivity (Wildman–Crippen MR) is 137 cm³/mol. The number of benzene rings is 2. The number of nitriles is 1. The molecule has 0 unspecified atom stereocenters. The lowest BCUT2D eigenvalue weighted by atomic mass is 10.1. The highest BCUT2D eigenvalue weighted by molar-refractivity contribution is 7.98. The molecule has 4 aromatic heterocycles. The van der Waals surface area contributed by atoms with Gasteiger partial charge < -0.3 is 8.82 Å². The maximum absolute atomic E-state index is 13.1. The third kappa shape index (κ3) is 3.93. The molecule has 36 heavy (non-hydrogen) atoms. The first-order valence-corrected chi connectivity index (χ1v) is 12.2. The third-order valence-electron chi connectivity index (χ3n) is 5.88. The molecule has 0 amide bonds. The Balaban J connectivity index is 1.34. The molecule has 2 aromatic carbocycles. The van der Waals surface area contributed by atoms with Crippen molar-refractivity contribution in [2.24, 2.45) is 0 Å². The molecule has 0 atom stereocenters. The van der Waals surface area contributed by atoms with Gasteiger partial charge in [0.2, 0.25) is 0 Å². The van der Waals surface area contributed by atoms with E-state index in [1.54, 1.807) is 6.07 Å². The van der Waals surface area contributed by atoms with Crippen LogP contribution in [0.1, 0.15) is 16.7 Å². The van der Waals surface area contributed by atoms with E-state index in [0.717, 1.165) is 16.6 Å². The van der Waals surface area contributed by atoms with Crippen LogP contribution in [0.5, 0.6) is 0 Å². The highest BCUT2D eigenvalue weighted by atomic mass is 32.2. The number of hydrogen-bond acceptors (Lipinski definition) is 7. The van der Waals surface area contributed by atoms with Gasteiger partial charge in [-0.15, -0.1) is 10.2 Å². The first-order valence-electron chi connectivity index (χ1n) is 11.2. The van der Waals surface area contributed by atoms with Crippen molar-refractivity contribution in [3.63, 3.8) is 0 Å². The molecule has 9 heteroatoms. The van der Waals surface area contributed by atoms with Gasteiger partial charge in [-0.1, -0.05) is 66.4 Å². The number of hydrogen-bond donors (Lipinski definition) is 0. The van der Waals surface area contributed by atoms with Crippen molar-refractivity contribution in [1.29, 1.82) is 5.26 Å². The first-order chi connectivity index (χ1) is 17.7. The number of nitrogens with zero attached hydrogens (tertiary/aromatic N) is 6. The largest absolute Gasteiger partial charge is 0.409 e. The minimum atomic E-state index is -0.183. The summed E-state index contributed by atoms with van der Waals surface area (Å²) in [7, 11) is 0. The summed E-state index contributed by atoms with van der Waals surface area (Å²) in [6.07, 6.45) is 3.85. The van der Waals surface area contributed by atoms with Crippen LogP contribution < -0.4 is 5.56 Å². The van der Waals surface area contributed by atoms with E-state index >= 15 is 0 Å². The minimum absolute atomic E-state index is 0.183. The molecular formula is C27H18N6O2S. The number of fused-ring (bicyclic) bond motifs is 2. The van der Waals surface area contributed by atoms with Crippen LogP contribution in [0.3, 0.4) is 0 Å². The van der Waals surface area contributed by atoms with E-state index in [1.165, 1.54) is 16.4 Å². The van der Waals surface area contributed by atoms with E-state index in [9.17, 15) is 10.1 Å². The van der Waals surface area contributed by atoms with Crippen molar-refractivity contribution in [2.75, 3.05) is 0 Å². The molecule has 0 aliphatic heterocycles. The van der Waals surface area contributed by atoms with Gasteiger partial charge in [0.05, 0.1) is 23.0 Å². The third-order valence-corrected chi connectivity index (χ3v) is 6.74. The topological polar surface area (TPSA) is 102 Å². The molecule has 0 N–H and O–H groups in total. The molecule has 0 aliphatic rings. The van der Waals surface area contributed by atoms with Gasteiger partial charge in [-0.3, -0.25) is 4.79 Å². The summed E-state index contributed by atoms with van der Waals surface area (Å²) in [4.78, 5) is 13.1. The number of pyridine rings is 1. The van der Waals surface area contributed by atoms with Crippen LogP contribution in [0.15, 0.2) is 99.6 Å². The summed E-state index contributed by atoms with van der Waals surface area (Å²) in [5, 5.41) is 24.2. The molecule has 6 aromatic rings. The average Bonchev–Trinajstić information content (AvgIpc) is 3.54. The zero-order chi connectivity index (χ0) is 24.5. The van der Waals surface area contributed by atoms with Gasteiger partial charge in [0, 0.05) is 23.5 Å². The zero-order valence-corrected chi connectivity index (χ0v) is 19.7. The summed E-state index contributed by atoms with van der Waals surface area (Å²) in [6, 6.07) is 25.0. The fourth-order valence-corrected chi connectivity index (χ4v) is 4.91. The maximum atomic E-state index is 13.1. The Labute approximate surface area is 209 Å². The lowest BCUT2D eigenvalue weighted by Crippen LogP contribution is -2.24. The molecular weight excluding hydrogens is 472 g/mol. The Morgan fingerprint density at radius 3 is 2.56 bits per heavy atom. The van der Waals surface area contributed by atoms with Gasteiger partial charge in [-0.2, -0.15) is 10.4 Å². The lowest BCUT2D eigenvalue weighted by Gasteiger charge is -2.09. The fourth-order valence-electron chi connectivity index (χ4n) is 4.18. The van der Waals surface area contributed by atoms with Gasteiger partial charge in [0.25, 0.3) is 16.7 Å². The zero-order valence-electron chi connectivity index (χ0n) is 18.9. The Hall–Kier alpha value is -4.68. The minimum Gasteiger partial charge on any atom is -0.409 e. The van der Waals surface area contributed by atoms with E-state index in [2.05, 4.69) is 21.4 Å². The van der Waals surface area contributed by atoms with Crippen molar-refractivity contribution in [2.45, 2.75) is 17.5 Å². The summed E-state index contributed by atoms with van der Waals surface area (Å²) in [6.45, 7) is 0.326. The van der Waals surface area contributed by atoms with Gasteiger partial charge in [0.1, 0.15) is 6.07 Å². The van der Waals surface area contributed by atoms with Crippen molar-refractivity contribution >= 4 is 28.1 Å². The Morgan fingerprint density at radius 1 is 0.944 bits per heavy atom. The standard InChI is InChI=1S/C27H18N6O2S/c28-14-22-19(16-32-13-7-6-12-23(22)32)17-36-27-30-29-25(35-27)24-20-10-4-5-11-21(20)26(34)33(31-24)15-18-8-2-1-3-9-18/h1-13,16H,15,17H2. The molecule has 4 heterocycles. The molecule has 0 fully saturated rings. The summed E-state index contributed by atoms with van der Waals surface area (Å²) in [5.74, 6) is 0.728. The second-order valence-corrected chi connectivity index (χ2v) is 9.07. The highest BCUT2D eigenvalue weighted by Gasteiger charge is 2.19. The molecule has 0 saturated carbocycles. The van der Waals surface area contributed by atoms with E-state index in [4.69, 9.17) is 4.42 Å². The first kappa shape index (κ1) is 21.8. The summed E-state index contributed by atoms with van der Waals surface area (Å²) >= 11 is 1.35. The van der Waals surface area contributed by atoms with E-state index in [-0.39, 0.29) is 11.4 Å². The van der Waals surface area contributed by atoms with Gasteiger partial charge >= 0.3 is 0 Å². The van der Waals surface area contributed by atoms with Gasteiger partial charge in [-0.05, 0) is 29.3 Å². The van der Waals surface area contributed by atoms with Crippen LogP contribution in [0, 0.1) is 11.3 Å². The second kappa shape index (κ2) is 9.17. The molecule has 0 saturated heterocycles. The quantitative estimate of drug-likeness (QED) is 0.306. The average molecular weight is 491 g/mol. The summed E-state index contributed by atoms with van der Waals surface area (Å²) in [5.41, 5.74) is 3.60. The van der Waals surface area contributed by atoms with Crippen molar-refractivity contribution in [3.8, 4) is 17.7 Å². The smallest absolute Gasteiger partial charge is 0.277 e. The van der Waals surface area contributed by atoms with Crippen molar-refractivity contribution in [3.05, 3.63) is 112 Å². The highest BCUT2D eigenvalue weighted by Crippen LogP contribution is 2.30. The molecule has 0 spiro atoms. The molecule has 0 aliphatic carbocycles. The normalized spacial score (nSPS) is 11.2. The molecule has 8 nitrogen and oxygen atoms in total. The van der Waals surface area contributed by atoms with E-state index in [0.29, 0.717) is 39.6 Å². The maximum Gasteiger partial charge on any atom is 0.277 e. The van der Waals surface area contributed by atoms with Crippen molar-refractivity contribution in [1.82, 2.24) is 24.4 Å². The molecule has 0 radical (unpaired) electrons. The van der Waals surface area contributed by atoms with Crippen LogP contribution in [0.25, 0.3) is 27.9 Å². The Morgan fingerprint density at radius 2 is 1.72 bits per heavy atom. The molecule has 174 valence electrons. The lowest BCUT2D eigenvalue weighted by molar-refractivity contribution is 0.462. The SMILES string of the molecule is N#Cc1c(CSc2nnc(-c3nn(Cc4ccccc4)c(=O)c4ccccc34)o2)cn2ccccc12. The van der Waals surface area contributed by atoms with E-state index in [1.807, 2.05) is 83.5 Å². The monoisotopic (exact) mass is 490 g/mol. The van der Waals surface area contributed by atoms with Gasteiger partial charge in [-0.25, -0.2) is 4.68 Å². The molecule has 0 bridgehead atoms. The predicted octanol–water partition coefficient (Wildman–Crippen LogP) is 4.91. The van der Waals surface area contributed by atoms with Crippen LogP contribution in [-0.4, -0.2) is 24.4 Å². The van der Waals surface area contributed by atoms with Crippen LogP contribution in [0.4, 0.5) is 0 Å². The van der Waals surface area contributed by atoms with E-state index < -0.39 is 0 Å². The van der Waals surface area contributed by atoms with Crippen LogP contribution >= 0.6 is 11.8 Å². The number of rotatable bonds is 6. The number of thioether (sulfide) groups is 1.